The molecule has 2 aromatic carbocycles. The van der Waals surface area contributed by atoms with E-state index < -0.39 is 11.6 Å². The second-order valence-corrected chi connectivity index (χ2v) is 4.67. The summed E-state index contributed by atoms with van der Waals surface area (Å²) in [6.07, 6.45) is 0. The van der Waals surface area contributed by atoms with Gasteiger partial charge in [-0.15, -0.1) is 0 Å². The van der Waals surface area contributed by atoms with Gasteiger partial charge in [-0.3, -0.25) is 0 Å². The Bertz CT molecular complexity index is 877. The van der Waals surface area contributed by atoms with Gasteiger partial charge in [0.15, 0.2) is 0 Å². The molecule has 104 valence electrons. The minimum atomic E-state index is -0.545. The molecular weight excluding hydrogens is 268 g/mol. The van der Waals surface area contributed by atoms with E-state index in [1.807, 2.05) is 30.3 Å². The number of ether oxygens (including phenoxy) is 1. The third-order valence-corrected chi connectivity index (χ3v) is 3.06. The van der Waals surface area contributed by atoms with Gasteiger partial charge in [-0.2, -0.15) is 0 Å². The van der Waals surface area contributed by atoms with Crippen molar-refractivity contribution in [3.8, 4) is 5.75 Å². The van der Waals surface area contributed by atoms with Crippen LogP contribution in [-0.4, -0.2) is 5.97 Å². The summed E-state index contributed by atoms with van der Waals surface area (Å²) in [5.41, 5.74) is -0.115. The Morgan fingerprint density at radius 3 is 2.52 bits per heavy atom. The quantitative estimate of drug-likeness (QED) is 0.676. The van der Waals surface area contributed by atoms with E-state index in [9.17, 15) is 9.59 Å². The van der Waals surface area contributed by atoms with Crippen LogP contribution in [0.4, 0.5) is 0 Å². The normalized spacial score (nSPS) is 10.5. The van der Waals surface area contributed by atoms with Crippen LogP contribution in [0.5, 0.6) is 5.75 Å². The summed E-state index contributed by atoms with van der Waals surface area (Å²) in [4.78, 5) is 23.4. The van der Waals surface area contributed by atoms with Gasteiger partial charge < -0.3 is 9.15 Å². The van der Waals surface area contributed by atoms with Crippen LogP contribution < -0.4 is 10.4 Å². The maximum atomic E-state index is 12.1. The number of aryl methyl sites for hydroxylation is 1. The fraction of sp³-hybridized carbons (Fsp3) is 0.0588. The summed E-state index contributed by atoms with van der Waals surface area (Å²) in [7, 11) is 0. The van der Waals surface area contributed by atoms with Crippen molar-refractivity contribution in [2.75, 3.05) is 0 Å². The first-order valence-electron chi connectivity index (χ1n) is 6.44. The zero-order valence-corrected chi connectivity index (χ0v) is 11.3. The fourth-order valence-electron chi connectivity index (χ4n) is 2.12. The molecule has 0 aliphatic carbocycles. The Morgan fingerprint density at radius 2 is 1.76 bits per heavy atom. The Hall–Kier alpha value is -2.88. The zero-order valence-electron chi connectivity index (χ0n) is 11.3. The number of hydrogen-bond donors (Lipinski definition) is 0. The van der Waals surface area contributed by atoms with Crippen LogP contribution in [-0.2, 0) is 0 Å². The lowest BCUT2D eigenvalue weighted by molar-refractivity contribution is 0.0734. The first kappa shape index (κ1) is 13.1. The monoisotopic (exact) mass is 280 g/mol. The summed E-state index contributed by atoms with van der Waals surface area (Å²) in [5.74, 6) is 0.0662. The second-order valence-electron chi connectivity index (χ2n) is 4.67. The Morgan fingerprint density at radius 1 is 1.00 bits per heavy atom. The third kappa shape index (κ3) is 2.84. The van der Waals surface area contributed by atoms with Crippen molar-refractivity contribution in [2.45, 2.75) is 6.92 Å². The smallest absolute Gasteiger partial charge is 0.343 e. The lowest BCUT2D eigenvalue weighted by Gasteiger charge is -2.05. The van der Waals surface area contributed by atoms with E-state index in [4.69, 9.17) is 9.15 Å². The highest BCUT2D eigenvalue weighted by Crippen LogP contribution is 2.18. The molecule has 0 radical (unpaired) electrons. The molecule has 0 aliphatic heterocycles. The largest absolute Gasteiger partial charge is 0.428 e. The molecule has 3 aromatic rings. The van der Waals surface area contributed by atoms with Crippen LogP contribution in [0, 0.1) is 6.92 Å². The molecule has 4 nitrogen and oxygen atoms in total. The summed E-state index contributed by atoms with van der Waals surface area (Å²) < 4.78 is 10.0. The Labute approximate surface area is 120 Å². The van der Waals surface area contributed by atoms with Crippen LogP contribution in [0.1, 0.15) is 16.1 Å². The van der Waals surface area contributed by atoms with E-state index >= 15 is 0 Å². The number of hydrogen-bond acceptors (Lipinski definition) is 4. The summed E-state index contributed by atoms with van der Waals surface area (Å²) in [6, 6.07) is 15.7. The van der Waals surface area contributed by atoms with Gasteiger partial charge in [-0.05, 0) is 29.8 Å². The molecule has 0 N–H and O–H groups in total. The Balaban J connectivity index is 1.91. The topological polar surface area (TPSA) is 56.5 Å². The minimum Gasteiger partial charge on any atom is -0.428 e. The molecule has 0 aliphatic rings. The molecule has 0 fully saturated rings. The summed E-state index contributed by atoms with van der Waals surface area (Å²) in [6.45, 7) is 1.62. The fourth-order valence-corrected chi connectivity index (χ4v) is 2.12. The zero-order chi connectivity index (χ0) is 14.8. The summed E-state index contributed by atoms with van der Waals surface area (Å²) in [5, 5.41) is 2.00. The molecular formula is C17H12O4. The number of esters is 1. The molecule has 1 aromatic heterocycles. The highest BCUT2D eigenvalue weighted by molar-refractivity contribution is 5.96. The molecule has 0 saturated carbocycles. The van der Waals surface area contributed by atoms with E-state index in [0.29, 0.717) is 11.3 Å². The molecule has 0 amide bonds. The van der Waals surface area contributed by atoms with Crippen LogP contribution in [0.25, 0.3) is 10.8 Å². The van der Waals surface area contributed by atoms with Crippen molar-refractivity contribution >= 4 is 16.7 Å². The molecule has 4 heteroatoms. The SMILES string of the molecule is Cc1cc(OC(=O)c2ccc3ccccc3c2)cc(=O)o1. The average Bonchev–Trinajstić information content (AvgIpc) is 2.45. The number of fused-ring (bicyclic) bond motifs is 1. The first-order chi connectivity index (χ1) is 10.1. The number of rotatable bonds is 2. The third-order valence-electron chi connectivity index (χ3n) is 3.06. The minimum absolute atomic E-state index is 0.182. The number of carbonyl (C=O) groups excluding carboxylic acids is 1. The molecule has 0 saturated heterocycles. The molecule has 21 heavy (non-hydrogen) atoms. The maximum absolute atomic E-state index is 12.1. The average molecular weight is 280 g/mol. The molecule has 3 rings (SSSR count). The Kier molecular flexibility index (Phi) is 3.28. The number of benzene rings is 2. The van der Waals surface area contributed by atoms with Gasteiger partial charge >= 0.3 is 11.6 Å². The molecule has 0 bridgehead atoms. The lowest BCUT2D eigenvalue weighted by Crippen LogP contribution is -2.10. The van der Waals surface area contributed by atoms with Crippen molar-refractivity contribution in [1.29, 1.82) is 0 Å². The van der Waals surface area contributed by atoms with Gasteiger partial charge in [0.25, 0.3) is 0 Å². The predicted molar refractivity (Wildman–Crippen MR) is 78.6 cm³/mol. The summed E-state index contributed by atoms with van der Waals surface area (Å²) >= 11 is 0. The highest BCUT2D eigenvalue weighted by Gasteiger charge is 2.10. The molecule has 0 unspecified atom stereocenters. The highest BCUT2D eigenvalue weighted by atomic mass is 16.5. The molecule has 0 spiro atoms. The van der Waals surface area contributed by atoms with Crippen LogP contribution >= 0.6 is 0 Å². The van der Waals surface area contributed by atoms with Gasteiger partial charge in [0.2, 0.25) is 0 Å². The van der Waals surface area contributed by atoms with E-state index in [1.54, 1.807) is 19.1 Å². The van der Waals surface area contributed by atoms with Crippen molar-refractivity contribution in [3.05, 3.63) is 76.3 Å². The van der Waals surface area contributed by atoms with E-state index in [2.05, 4.69) is 0 Å². The molecule has 0 atom stereocenters. The first-order valence-corrected chi connectivity index (χ1v) is 6.44. The second kappa shape index (κ2) is 5.25. The van der Waals surface area contributed by atoms with E-state index in [1.165, 1.54) is 6.07 Å². The maximum Gasteiger partial charge on any atom is 0.343 e. The van der Waals surface area contributed by atoms with Gasteiger partial charge in [0, 0.05) is 6.07 Å². The van der Waals surface area contributed by atoms with Crippen LogP contribution in [0.15, 0.2) is 63.8 Å². The van der Waals surface area contributed by atoms with Crippen molar-refractivity contribution in [2.24, 2.45) is 0 Å². The number of carbonyl (C=O) groups is 1. The lowest BCUT2D eigenvalue weighted by atomic mass is 10.1. The van der Waals surface area contributed by atoms with E-state index in [0.717, 1.165) is 16.8 Å². The molecule has 1 heterocycles. The predicted octanol–water partition coefficient (Wildman–Crippen LogP) is 3.32. The van der Waals surface area contributed by atoms with Crippen molar-refractivity contribution in [3.63, 3.8) is 0 Å². The standard InChI is InChI=1S/C17H12O4/c1-11-8-15(10-16(18)20-11)21-17(19)14-7-6-12-4-2-3-5-13(12)9-14/h2-10H,1H3. The van der Waals surface area contributed by atoms with Gasteiger partial charge in [-0.25, -0.2) is 9.59 Å². The van der Waals surface area contributed by atoms with Crippen molar-refractivity contribution < 1.29 is 13.9 Å². The van der Waals surface area contributed by atoms with Gasteiger partial charge in [0.1, 0.15) is 11.5 Å². The van der Waals surface area contributed by atoms with Gasteiger partial charge in [-0.1, -0.05) is 30.3 Å². The van der Waals surface area contributed by atoms with Crippen LogP contribution in [0.2, 0.25) is 0 Å². The van der Waals surface area contributed by atoms with Crippen molar-refractivity contribution in [1.82, 2.24) is 0 Å². The van der Waals surface area contributed by atoms with Gasteiger partial charge in [0.05, 0.1) is 11.6 Å². The van der Waals surface area contributed by atoms with E-state index in [-0.39, 0.29) is 5.75 Å². The van der Waals surface area contributed by atoms with Crippen LogP contribution in [0.3, 0.4) is 0 Å².